The molecule has 6 heteroatoms. The smallest absolute Gasteiger partial charge is 0.248 e. The fourth-order valence-corrected chi connectivity index (χ4v) is 3.38. The molecule has 0 spiro atoms. The van der Waals surface area contributed by atoms with Crippen LogP contribution in [0, 0.1) is 5.92 Å². The van der Waals surface area contributed by atoms with Crippen molar-refractivity contribution in [3.05, 3.63) is 30.1 Å². The maximum absolute atomic E-state index is 12.6. The van der Waals surface area contributed by atoms with Crippen LogP contribution in [0.25, 0.3) is 0 Å². The van der Waals surface area contributed by atoms with E-state index in [1.807, 2.05) is 17.0 Å². The van der Waals surface area contributed by atoms with Crippen LogP contribution in [0.5, 0.6) is 0 Å². The number of ether oxygens (including phenoxy) is 1. The SMILES string of the molecule is COCC(=O)N1CCCC(C(=O)N2CC(c3ccncc3)C2)C1. The van der Waals surface area contributed by atoms with Gasteiger partial charge in [0.25, 0.3) is 0 Å². The molecule has 3 rings (SSSR count). The predicted octanol–water partition coefficient (Wildman–Crippen LogP) is 0.892. The standard InChI is InChI=1S/C17H23N3O3/c1-23-12-16(21)19-8-2-3-14(9-19)17(22)20-10-15(11-20)13-4-6-18-7-5-13/h4-7,14-15H,2-3,8-12H2,1H3. The molecule has 6 nitrogen and oxygen atoms in total. The van der Waals surface area contributed by atoms with Gasteiger partial charge in [0.05, 0.1) is 5.92 Å². The Labute approximate surface area is 136 Å². The number of aromatic nitrogens is 1. The summed E-state index contributed by atoms with van der Waals surface area (Å²) >= 11 is 0. The van der Waals surface area contributed by atoms with Gasteiger partial charge in [-0.05, 0) is 30.5 Å². The third kappa shape index (κ3) is 3.52. The first-order valence-electron chi connectivity index (χ1n) is 8.14. The molecular formula is C17H23N3O3. The van der Waals surface area contributed by atoms with Gasteiger partial charge in [-0.3, -0.25) is 14.6 Å². The molecule has 0 bridgehead atoms. The van der Waals surface area contributed by atoms with E-state index < -0.39 is 0 Å². The summed E-state index contributed by atoms with van der Waals surface area (Å²) < 4.78 is 4.90. The van der Waals surface area contributed by atoms with E-state index >= 15 is 0 Å². The van der Waals surface area contributed by atoms with Crippen molar-refractivity contribution < 1.29 is 14.3 Å². The van der Waals surface area contributed by atoms with Crippen molar-refractivity contribution in [2.75, 3.05) is 39.9 Å². The van der Waals surface area contributed by atoms with Crippen molar-refractivity contribution in [3.63, 3.8) is 0 Å². The molecule has 1 unspecified atom stereocenters. The zero-order valence-corrected chi connectivity index (χ0v) is 13.5. The second kappa shape index (κ2) is 7.08. The van der Waals surface area contributed by atoms with Gasteiger partial charge in [-0.2, -0.15) is 0 Å². The summed E-state index contributed by atoms with van der Waals surface area (Å²) in [6.07, 6.45) is 5.33. The van der Waals surface area contributed by atoms with E-state index in [2.05, 4.69) is 4.98 Å². The molecule has 1 aromatic heterocycles. The number of hydrogen-bond acceptors (Lipinski definition) is 4. The topological polar surface area (TPSA) is 62.7 Å². The highest BCUT2D eigenvalue weighted by Crippen LogP contribution is 2.29. The van der Waals surface area contributed by atoms with Gasteiger partial charge >= 0.3 is 0 Å². The van der Waals surface area contributed by atoms with Crippen LogP contribution in [0.3, 0.4) is 0 Å². The van der Waals surface area contributed by atoms with Crippen molar-refractivity contribution in [2.24, 2.45) is 5.92 Å². The molecule has 2 saturated heterocycles. The van der Waals surface area contributed by atoms with Crippen molar-refractivity contribution in [3.8, 4) is 0 Å². The molecule has 2 aliphatic rings. The Bertz CT molecular complexity index is 557. The monoisotopic (exact) mass is 317 g/mol. The van der Waals surface area contributed by atoms with E-state index in [1.54, 1.807) is 17.3 Å². The van der Waals surface area contributed by atoms with Crippen LogP contribution in [0.2, 0.25) is 0 Å². The lowest BCUT2D eigenvalue weighted by Gasteiger charge is -2.43. The van der Waals surface area contributed by atoms with Gasteiger partial charge in [0.15, 0.2) is 0 Å². The fourth-order valence-electron chi connectivity index (χ4n) is 3.38. The third-order valence-corrected chi connectivity index (χ3v) is 4.76. The third-order valence-electron chi connectivity index (χ3n) is 4.76. The second-order valence-corrected chi connectivity index (χ2v) is 6.33. The number of amides is 2. The van der Waals surface area contributed by atoms with Gasteiger partial charge in [0.1, 0.15) is 6.61 Å². The lowest BCUT2D eigenvalue weighted by molar-refractivity contribution is -0.145. The lowest BCUT2D eigenvalue weighted by atomic mass is 9.89. The van der Waals surface area contributed by atoms with Crippen LogP contribution in [0.15, 0.2) is 24.5 Å². The van der Waals surface area contributed by atoms with Crippen molar-refractivity contribution in [1.29, 1.82) is 0 Å². The summed E-state index contributed by atoms with van der Waals surface area (Å²) in [4.78, 5) is 32.3. The fraction of sp³-hybridized carbons (Fsp3) is 0.588. The van der Waals surface area contributed by atoms with Crippen molar-refractivity contribution in [2.45, 2.75) is 18.8 Å². The van der Waals surface area contributed by atoms with E-state index in [0.29, 0.717) is 12.5 Å². The molecule has 1 atom stereocenters. The van der Waals surface area contributed by atoms with Gasteiger partial charge in [-0.25, -0.2) is 0 Å². The zero-order valence-electron chi connectivity index (χ0n) is 13.5. The quantitative estimate of drug-likeness (QED) is 0.827. The Kier molecular flexibility index (Phi) is 4.91. The van der Waals surface area contributed by atoms with E-state index in [0.717, 1.165) is 32.5 Å². The number of hydrogen-bond donors (Lipinski definition) is 0. The zero-order chi connectivity index (χ0) is 16.2. The number of carbonyl (C=O) groups excluding carboxylic acids is 2. The molecule has 124 valence electrons. The summed E-state index contributed by atoms with van der Waals surface area (Å²) in [6.45, 7) is 2.88. The van der Waals surface area contributed by atoms with Gasteiger partial charge in [-0.15, -0.1) is 0 Å². The number of carbonyl (C=O) groups is 2. The van der Waals surface area contributed by atoms with Crippen molar-refractivity contribution >= 4 is 11.8 Å². The summed E-state index contributed by atoms with van der Waals surface area (Å²) in [7, 11) is 1.52. The molecule has 0 N–H and O–H groups in total. The first-order chi connectivity index (χ1) is 11.2. The molecule has 2 fully saturated rings. The van der Waals surface area contributed by atoms with E-state index in [4.69, 9.17) is 4.74 Å². The van der Waals surface area contributed by atoms with Gasteiger partial charge in [-0.1, -0.05) is 0 Å². The summed E-state index contributed by atoms with van der Waals surface area (Å²) in [5.74, 6) is 0.508. The van der Waals surface area contributed by atoms with Crippen LogP contribution in [-0.4, -0.2) is 66.5 Å². The summed E-state index contributed by atoms with van der Waals surface area (Å²) in [5.41, 5.74) is 1.24. The summed E-state index contributed by atoms with van der Waals surface area (Å²) in [5, 5.41) is 0. The first kappa shape index (κ1) is 15.9. The minimum atomic E-state index is -0.0667. The molecular weight excluding hydrogens is 294 g/mol. The Morgan fingerprint density at radius 2 is 1.96 bits per heavy atom. The van der Waals surface area contributed by atoms with Gasteiger partial charge in [0, 0.05) is 51.6 Å². The second-order valence-electron chi connectivity index (χ2n) is 6.33. The molecule has 0 saturated carbocycles. The molecule has 3 heterocycles. The Balaban J connectivity index is 1.52. The molecule has 23 heavy (non-hydrogen) atoms. The van der Waals surface area contributed by atoms with E-state index in [-0.39, 0.29) is 24.3 Å². The maximum atomic E-state index is 12.6. The number of pyridine rings is 1. The van der Waals surface area contributed by atoms with Gasteiger partial charge in [0.2, 0.25) is 11.8 Å². The van der Waals surface area contributed by atoms with E-state index in [9.17, 15) is 9.59 Å². The normalized spacial score (nSPS) is 21.9. The minimum absolute atomic E-state index is 0.0247. The Morgan fingerprint density at radius 1 is 1.22 bits per heavy atom. The van der Waals surface area contributed by atoms with Crippen LogP contribution in [0.1, 0.15) is 24.3 Å². The number of likely N-dealkylation sites (tertiary alicyclic amines) is 2. The number of nitrogens with zero attached hydrogens (tertiary/aromatic N) is 3. The molecule has 0 aliphatic carbocycles. The van der Waals surface area contributed by atoms with Gasteiger partial charge < -0.3 is 14.5 Å². The summed E-state index contributed by atoms with van der Waals surface area (Å²) in [6, 6.07) is 4.02. The van der Waals surface area contributed by atoms with Crippen LogP contribution in [0.4, 0.5) is 0 Å². The highest BCUT2D eigenvalue weighted by atomic mass is 16.5. The molecule has 1 aromatic rings. The molecule has 0 aromatic carbocycles. The van der Waals surface area contributed by atoms with Crippen molar-refractivity contribution in [1.82, 2.24) is 14.8 Å². The average molecular weight is 317 g/mol. The maximum Gasteiger partial charge on any atom is 0.248 e. The number of methoxy groups -OCH3 is 1. The Hall–Kier alpha value is -1.95. The number of piperidine rings is 1. The first-order valence-corrected chi connectivity index (χ1v) is 8.14. The highest BCUT2D eigenvalue weighted by molar-refractivity contribution is 5.82. The van der Waals surface area contributed by atoms with Crippen LogP contribution < -0.4 is 0 Å². The van der Waals surface area contributed by atoms with E-state index in [1.165, 1.54) is 12.7 Å². The van der Waals surface area contributed by atoms with Crippen LogP contribution >= 0.6 is 0 Å². The predicted molar refractivity (Wildman–Crippen MR) is 84.7 cm³/mol. The molecule has 2 aliphatic heterocycles. The lowest BCUT2D eigenvalue weighted by Crippen LogP contribution is -2.54. The van der Waals surface area contributed by atoms with Crippen LogP contribution in [-0.2, 0) is 14.3 Å². The number of rotatable bonds is 4. The molecule has 2 amide bonds. The highest BCUT2D eigenvalue weighted by Gasteiger charge is 2.37. The Morgan fingerprint density at radius 3 is 2.65 bits per heavy atom. The molecule has 0 radical (unpaired) electrons. The average Bonchev–Trinajstić information content (AvgIpc) is 2.55. The largest absolute Gasteiger partial charge is 0.375 e. The minimum Gasteiger partial charge on any atom is -0.375 e.